The van der Waals surface area contributed by atoms with Crippen LogP contribution in [0.1, 0.15) is 29.7 Å². The van der Waals surface area contributed by atoms with Crippen molar-refractivity contribution in [3.05, 3.63) is 130 Å². The molecule has 1 atom stereocenters. The molecule has 0 radical (unpaired) electrons. The first kappa shape index (κ1) is 28.8. The van der Waals surface area contributed by atoms with Crippen molar-refractivity contribution in [1.29, 1.82) is 0 Å². The molecule has 0 amide bonds. The van der Waals surface area contributed by atoms with E-state index in [2.05, 4.69) is 4.99 Å². The van der Waals surface area contributed by atoms with Gasteiger partial charge < -0.3 is 14.2 Å². The minimum absolute atomic E-state index is 0.00197. The SMILES string of the molecule is COC(=O)C1=C(C)N=c2s/c(=C\c3ccc(OCc4ccc([N+](=O)[O-])cc4)c(OC)c3)c(=O)n2[C@@H]1c1ccc(Cl)cc1. The number of esters is 1. The molecule has 0 saturated carbocycles. The van der Waals surface area contributed by atoms with E-state index in [1.807, 2.05) is 0 Å². The van der Waals surface area contributed by atoms with Crippen molar-refractivity contribution < 1.29 is 23.9 Å². The van der Waals surface area contributed by atoms with Crippen LogP contribution in [0.2, 0.25) is 5.02 Å². The molecular formula is C30H24ClN3O7S. The van der Waals surface area contributed by atoms with E-state index in [9.17, 15) is 19.7 Å². The first-order chi connectivity index (χ1) is 20.2. The summed E-state index contributed by atoms with van der Waals surface area (Å²) in [5, 5.41) is 11.4. The van der Waals surface area contributed by atoms with Crippen LogP contribution in [0.5, 0.6) is 11.5 Å². The monoisotopic (exact) mass is 605 g/mol. The molecule has 1 aromatic heterocycles. The Labute approximate surface area is 248 Å². The van der Waals surface area contributed by atoms with Crippen LogP contribution in [-0.2, 0) is 16.1 Å². The fourth-order valence-electron chi connectivity index (χ4n) is 4.57. The standard InChI is InChI=1S/C30H24ClN3O7S/c1-17-26(29(36)40-3)27(20-7-9-21(31)10-8-20)33-28(35)25(42-30(33)32-17)15-19-6-13-23(24(14-19)39-2)41-16-18-4-11-22(12-5-18)34(37)38/h4-15,27H,16H2,1-3H3/b25-15-/t27-/m1/s1. The van der Waals surface area contributed by atoms with Crippen molar-refractivity contribution >= 4 is 40.7 Å². The average molecular weight is 606 g/mol. The zero-order chi connectivity index (χ0) is 30.0. The van der Waals surface area contributed by atoms with Gasteiger partial charge in [0, 0.05) is 17.2 Å². The molecule has 2 heterocycles. The first-order valence-corrected chi connectivity index (χ1v) is 13.8. The Morgan fingerprint density at radius 1 is 1.10 bits per heavy atom. The summed E-state index contributed by atoms with van der Waals surface area (Å²) >= 11 is 7.31. The maximum Gasteiger partial charge on any atom is 0.338 e. The number of benzene rings is 3. The van der Waals surface area contributed by atoms with Gasteiger partial charge in [-0.3, -0.25) is 19.5 Å². The smallest absolute Gasteiger partial charge is 0.338 e. The third-order valence-electron chi connectivity index (χ3n) is 6.64. The van der Waals surface area contributed by atoms with Gasteiger partial charge in [-0.1, -0.05) is 41.1 Å². The number of thiazole rings is 1. The highest BCUT2D eigenvalue weighted by molar-refractivity contribution is 7.07. The number of halogens is 1. The van der Waals surface area contributed by atoms with Crippen molar-refractivity contribution in [2.45, 2.75) is 19.6 Å². The number of nitro benzene ring substituents is 1. The van der Waals surface area contributed by atoms with Crippen LogP contribution in [-0.4, -0.2) is 29.7 Å². The largest absolute Gasteiger partial charge is 0.493 e. The number of hydrogen-bond donors (Lipinski definition) is 0. The number of non-ortho nitro benzene ring substituents is 1. The lowest BCUT2D eigenvalue weighted by Crippen LogP contribution is -2.39. The summed E-state index contributed by atoms with van der Waals surface area (Å²) in [5.41, 5.74) is 2.56. The Bertz CT molecular complexity index is 1890. The highest BCUT2D eigenvalue weighted by atomic mass is 35.5. The lowest BCUT2D eigenvalue weighted by molar-refractivity contribution is -0.384. The number of methoxy groups -OCH3 is 2. The number of carbonyl (C=O) groups is 1. The maximum atomic E-state index is 13.8. The van der Waals surface area contributed by atoms with Crippen molar-refractivity contribution in [1.82, 2.24) is 4.57 Å². The Morgan fingerprint density at radius 2 is 1.81 bits per heavy atom. The molecule has 0 bridgehead atoms. The quantitative estimate of drug-likeness (QED) is 0.164. The van der Waals surface area contributed by atoms with E-state index in [1.54, 1.807) is 67.6 Å². The van der Waals surface area contributed by atoms with Gasteiger partial charge in [0.25, 0.3) is 11.2 Å². The molecule has 0 saturated heterocycles. The van der Waals surface area contributed by atoms with E-state index in [0.29, 0.717) is 42.7 Å². The van der Waals surface area contributed by atoms with Gasteiger partial charge in [0.15, 0.2) is 16.3 Å². The van der Waals surface area contributed by atoms with Crippen LogP contribution in [0.4, 0.5) is 5.69 Å². The van der Waals surface area contributed by atoms with E-state index < -0.39 is 16.9 Å². The Morgan fingerprint density at radius 3 is 2.45 bits per heavy atom. The number of aromatic nitrogens is 1. The van der Waals surface area contributed by atoms with Crippen molar-refractivity contribution in [3.8, 4) is 11.5 Å². The van der Waals surface area contributed by atoms with Crippen LogP contribution in [0.25, 0.3) is 6.08 Å². The minimum Gasteiger partial charge on any atom is -0.493 e. The topological polar surface area (TPSA) is 122 Å². The van der Waals surface area contributed by atoms with Crippen molar-refractivity contribution in [3.63, 3.8) is 0 Å². The maximum absolute atomic E-state index is 13.8. The summed E-state index contributed by atoms with van der Waals surface area (Å²) in [7, 11) is 2.80. The van der Waals surface area contributed by atoms with Gasteiger partial charge in [-0.25, -0.2) is 9.79 Å². The lowest BCUT2D eigenvalue weighted by atomic mass is 9.96. The van der Waals surface area contributed by atoms with Crippen LogP contribution in [0.3, 0.4) is 0 Å². The van der Waals surface area contributed by atoms with Crippen LogP contribution in [0, 0.1) is 10.1 Å². The summed E-state index contributed by atoms with van der Waals surface area (Å²) in [5.74, 6) is 0.344. The Kier molecular flexibility index (Phi) is 8.23. The second-order valence-electron chi connectivity index (χ2n) is 9.25. The van der Waals surface area contributed by atoms with E-state index in [-0.39, 0.29) is 23.4 Å². The molecule has 10 nitrogen and oxygen atoms in total. The third kappa shape index (κ3) is 5.69. The molecular weight excluding hydrogens is 582 g/mol. The number of allylic oxidation sites excluding steroid dienone is 1. The molecule has 42 heavy (non-hydrogen) atoms. The summed E-state index contributed by atoms with van der Waals surface area (Å²) < 4.78 is 18.4. The van der Waals surface area contributed by atoms with Crippen LogP contribution in [0.15, 0.2) is 87.8 Å². The number of ether oxygens (including phenoxy) is 3. The van der Waals surface area contributed by atoms with E-state index >= 15 is 0 Å². The highest BCUT2D eigenvalue weighted by Gasteiger charge is 2.33. The number of carbonyl (C=O) groups excluding carboxylic acids is 1. The van der Waals surface area contributed by atoms with E-state index in [4.69, 9.17) is 25.8 Å². The fraction of sp³-hybridized carbons (Fsp3) is 0.167. The summed E-state index contributed by atoms with van der Waals surface area (Å²) in [6.45, 7) is 1.89. The zero-order valence-electron chi connectivity index (χ0n) is 22.7. The number of rotatable bonds is 8. The molecule has 0 unspecified atom stereocenters. The molecule has 214 valence electrons. The zero-order valence-corrected chi connectivity index (χ0v) is 24.3. The summed E-state index contributed by atoms with van der Waals surface area (Å²) in [6, 6.07) is 17.6. The number of nitrogens with zero attached hydrogens (tertiary/aromatic N) is 3. The molecule has 4 aromatic rings. The fourth-order valence-corrected chi connectivity index (χ4v) is 5.75. The molecule has 1 aliphatic heterocycles. The van der Waals surface area contributed by atoms with Crippen LogP contribution >= 0.6 is 22.9 Å². The Balaban J connectivity index is 1.50. The molecule has 0 aliphatic carbocycles. The van der Waals surface area contributed by atoms with Crippen molar-refractivity contribution in [2.24, 2.45) is 4.99 Å². The van der Waals surface area contributed by atoms with Gasteiger partial charge in [-0.05, 0) is 66.1 Å². The lowest BCUT2D eigenvalue weighted by Gasteiger charge is -2.24. The molecule has 12 heteroatoms. The number of fused-ring (bicyclic) bond motifs is 1. The second-order valence-corrected chi connectivity index (χ2v) is 10.7. The van der Waals surface area contributed by atoms with Gasteiger partial charge >= 0.3 is 5.97 Å². The molecule has 0 N–H and O–H groups in total. The van der Waals surface area contributed by atoms with Gasteiger partial charge in [0.1, 0.15) is 6.61 Å². The van der Waals surface area contributed by atoms with Crippen molar-refractivity contribution in [2.75, 3.05) is 14.2 Å². The predicted octanol–water partition coefficient (Wildman–Crippen LogP) is 4.56. The van der Waals surface area contributed by atoms with E-state index in [0.717, 1.165) is 5.56 Å². The Hall–Kier alpha value is -4.74. The summed E-state index contributed by atoms with van der Waals surface area (Å²) in [4.78, 5) is 42.0. The summed E-state index contributed by atoms with van der Waals surface area (Å²) in [6.07, 6.45) is 1.72. The first-order valence-electron chi connectivity index (χ1n) is 12.6. The van der Waals surface area contributed by atoms with Gasteiger partial charge in [-0.15, -0.1) is 0 Å². The average Bonchev–Trinajstić information content (AvgIpc) is 3.29. The van der Waals surface area contributed by atoms with E-state index in [1.165, 1.54) is 42.3 Å². The second kappa shape index (κ2) is 12.0. The number of hydrogen-bond acceptors (Lipinski definition) is 9. The molecule has 0 fully saturated rings. The highest BCUT2D eigenvalue weighted by Crippen LogP contribution is 2.32. The third-order valence-corrected chi connectivity index (χ3v) is 7.87. The molecule has 5 rings (SSSR count). The van der Waals surface area contributed by atoms with Crippen LogP contribution < -0.4 is 24.4 Å². The van der Waals surface area contributed by atoms with Gasteiger partial charge in [-0.2, -0.15) is 0 Å². The normalized spacial score (nSPS) is 14.7. The molecule has 1 aliphatic rings. The minimum atomic E-state index is -0.738. The number of nitro groups is 1. The van der Waals surface area contributed by atoms with Gasteiger partial charge in [0.05, 0.1) is 41.0 Å². The molecule has 3 aromatic carbocycles. The molecule has 0 spiro atoms. The van der Waals surface area contributed by atoms with Gasteiger partial charge in [0.2, 0.25) is 0 Å². The predicted molar refractivity (Wildman–Crippen MR) is 158 cm³/mol.